The first-order chi connectivity index (χ1) is 25.7. The van der Waals surface area contributed by atoms with Crippen LogP contribution in [-0.4, -0.2) is 19.5 Å². The van der Waals surface area contributed by atoms with Gasteiger partial charge in [-0.1, -0.05) is 137 Å². The topological polar surface area (TPSA) is 43.6 Å². The number of aromatic nitrogens is 4. The van der Waals surface area contributed by atoms with Gasteiger partial charge in [-0.15, -0.1) is 0 Å². The molecule has 0 unspecified atom stereocenters. The summed E-state index contributed by atoms with van der Waals surface area (Å²) in [6.45, 7) is 9.62. The minimum Gasteiger partial charge on any atom is -0.309 e. The lowest BCUT2D eigenvalue weighted by Crippen LogP contribution is -2.33. The van der Waals surface area contributed by atoms with Crippen LogP contribution in [0.5, 0.6) is 0 Å². The molecule has 0 fully saturated rings. The Hall–Kier alpha value is -6.13. The van der Waals surface area contributed by atoms with Gasteiger partial charge in [0.1, 0.15) is 0 Å². The fraction of sp³-hybridized carbons (Fsp3) is 0.163. The highest BCUT2D eigenvalue weighted by Gasteiger charge is 2.37. The van der Waals surface area contributed by atoms with Crippen LogP contribution in [-0.2, 0) is 10.8 Å². The Balaban J connectivity index is 1.18. The molecular formula is C49H40N4. The smallest absolute Gasteiger partial charge is 0.164 e. The molecule has 2 aromatic heterocycles. The quantitative estimate of drug-likeness (QED) is 0.173. The Bertz CT molecular complexity index is 2900. The molecule has 0 saturated carbocycles. The maximum Gasteiger partial charge on any atom is 0.164 e. The van der Waals surface area contributed by atoms with Crippen LogP contribution < -0.4 is 0 Å². The molecule has 0 aliphatic heterocycles. The van der Waals surface area contributed by atoms with Crippen LogP contribution in [0.2, 0.25) is 0 Å². The van der Waals surface area contributed by atoms with Crippen LogP contribution in [0.25, 0.3) is 83.2 Å². The van der Waals surface area contributed by atoms with Gasteiger partial charge in [-0.2, -0.15) is 0 Å². The van der Waals surface area contributed by atoms with Crippen LogP contribution >= 0.6 is 0 Å². The van der Waals surface area contributed by atoms with E-state index in [1.807, 2.05) is 18.2 Å². The third-order valence-electron chi connectivity index (χ3n) is 11.7. The second kappa shape index (κ2) is 11.7. The van der Waals surface area contributed by atoms with Crippen LogP contribution in [0.1, 0.15) is 51.7 Å². The van der Waals surface area contributed by atoms with Crippen LogP contribution in [0.15, 0.2) is 146 Å². The van der Waals surface area contributed by atoms with E-state index in [0.717, 1.165) is 22.4 Å². The molecule has 0 bridgehead atoms. The second-order valence-electron chi connectivity index (χ2n) is 16.0. The number of hydrogen-bond donors (Lipinski definition) is 0. The molecule has 0 atom stereocenters. The predicted molar refractivity (Wildman–Crippen MR) is 221 cm³/mol. The van der Waals surface area contributed by atoms with Crippen molar-refractivity contribution in [2.75, 3.05) is 0 Å². The molecule has 0 radical (unpaired) electrons. The molecule has 2 heterocycles. The van der Waals surface area contributed by atoms with Gasteiger partial charge in [-0.25, -0.2) is 15.0 Å². The normalized spacial score (nSPS) is 14.9. The molecule has 0 saturated heterocycles. The van der Waals surface area contributed by atoms with Crippen LogP contribution in [0, 0.1) is 0 Å². The lowest BCUT2D eigenvalue weighted by Gasteiger charge is -2.42. The molecule has 1 aliphatic rings. The zero-order valence-electron chi connectivity index (χ0n) is 30.6. The summed E-state index contributed by atoms with van der Waals surface area (Å²) in [5.74, 6) is 1.96. The van der Waals surface area contributed by atoms with Crippen molar-refractivity contribution < 1.29 is 0 Å². The molecular weight excluding hydrogens is 645 g/mol. The average Bonchev–Trinajstić information content (AvgIpc) is 3.53. The molecule has 0 N–H and O–H groups in total. The lowest BCUT2D eigenvalue weighted by atomic mass is 9.63. The van der Waals surface area contributed by atoms with Crippen molar-refractivity contribution >= 4 is 43.4 Å². The van der Waals surface area contributed by atoms with Crippen LogP contribution in [0.4, 0.5) is 0 Å². The van der Waals surface area contributed by atoms with Crippen molar-refractivity contribution in [2.45, 2.75) is 51.4 Å². The van der Waals surface area contributed by atoms with E-state index >= 15 is 0 Å². The van der Waals surface area contributed by atoms with E-state index in [4.69, 9.17) is 15.0 Å². The Kier molecular flexibility index (Phi) is 6.97. The van der Waals surface area contributed by atoms with Gasteiger partial charge in [0.25, 0.3) is 0 Å². The minimum atomic E-state index is 0.104. The summed E-state index contributed by atoms with van der Waals surface area (Å²) < 4.78 is 2.43. The van der Waals surface area contributed by atoms with E-state index < -0.39 is 0 Å². The maximum atomic E-state index is 5.19. The molecule has 53 heavy (non-hydrogen) atoms. The SMILES string of the molecule is CC1(C)CCC(C)(C)c2cc3c(cc21)c1ccccc1n3-c1cccc(-c2nc(-c3ccccc3)nc(-c3ccc4ccc5ccccc5c4c3)n2)c1. The van der Waals surface area contributed by atoms with Gasteiger partial charge in [-0.3, -0.25) is 0 Å². The molecule has 256 valence electrons. The number of benzene rings is 7. The standard InChI is InChI=1S/C49H40N4/c1-48(2)25-26-49(3,4)42-30-44-40(29-41(42)48)38-19-10-11-20-43(38)53(44)36-17-12-16-34(27-36)46-50-45(33-14-6-5-7-15-33)51-47(52-46)35-24-23-32-22-21-31-13-8-9-18-37(31)39(32)28-35/h5-24,27-30H,25-26H2,1-4H3. The summed E-state index contributed by atoms with van der Waals surface area (Å²) in [7, 11) is 0. The van der Waals surface area contributed by atoms with Crippen molar-refractivity contribution in [2.24, 2.45) is 0 Å². The van der Waals surface area contributed by atoms with Crippen molar-refractivity contribution in [3.05, 3.63) is 157 Å². The van der Waals surface area contributed by atoms with E-state index in [2.05, 4.69) is 160 Å². The first kappa shape index (κ1) is 31.6. The van der Waals surface area contributed by atoms with Crippen molar-refractivity contribution in [1.82, 2.24) is 19.5 Å². The van der Waals surface area contributed by atoms with Gasteiger partial charge in [0.2, 0.25) is 0 Å². The molecule has 10 rings (SSSR count). The minimum absolute atomic E-state index is 0.104. The van der Waals surface area contributed by atoms with Crippen molar-refractivity contribution in [1.29, 1.82) is 0 Å². The summed E-state index contributed by atoms with van der Waals surface area (Å²) in [5, 5.41) is 7.38. The van der Waals surface area contributed by atoms with E-state index in [1.54, 1.807) is 0 Å². The highest BCUT2D eigenvalue weighted by molar-refractivity contribution is 6.10. The molecule has 4 heteroatoms. The summed E-state index contributed by atoms with van der Waals surface area (Å²) in [6, 6.07) is 52.1. The maximum absolute atomic E-state index is 5.19. The van der Waals surface area contributed by atoms with Gasteiger partial charge < -0.3 is 4.57 Å². The summed E-state index contributed by atoms with van der Waals surface area (Å²) in [6.07, 6.45) is 2.36. The molecule has 0 spiro atoms. The van der Waals surface area contributed by atoms with E-state index in [0.29, 0.717) is 17.5 Å². The van der Waals surface area contributed by atoms with Crippen molar-refractivity contribution in [3.8, 4) is 39.9 Å². The monoisotopic (exact) mass is 684 g/mol. The number of fused-ring (bicyclic) bond motifs is 7. The number of rotatable bonds is 4. The van der Waals surface area contributed by atoms with Gasteiger partial charge in [0, 0.05) is 33.2 Å². The number of nitrogens with zero attached hydrogens (tertiary/aromatic N) is 4. The van der Waals surface area contributed by atoms with Crippen molar-refractivity contribution in [3.63, 3.8) is 0 Å². The summed E-state index contributed by atoms with van der Waals surface area (Å²) in [4.78, 5) is 15.4. The van der Waals surface area contributed by atoms with Crippen LogP contribution in [0.3, 0.4) is 0 Å². The Morgan fingerprint density at radius 2 is 0.981 bits per heavy atom. The highest BCUT2D eigenvalue weighted by Crippen LogP contribution is 2.48. The third kappa shape index (κ3) is 5.15. The molecule has 4 nitrogen and oxygen atoms in total. The molecule has 9 aromatic rings. The third-order valence-corrected chi connectivity index (χ3v) is 11.7. The largest absolute Gasteiger partial charge is 0.309 e. The highest BCUT2D eigenvalue weighted by atomic mass is 15.0. The van der Waals surface area contributed by atoms with Gasteiger partial charge >= 0.3 is 0 Å². The fourth-order valence-corrected chi connectivity index (χ4v) is 8.58. The average molecular weight is 685 g/mol. The zero-order chi connectivity index (χ0) is 35.9. The zero-order valence-corrected chi connectivity index (χ0v) is 30.6. The fourth-order valence-electron chi connectivity index (χ4n) is 8.58. The molecule has 7 aromatic carbocycles. The van der Waals surface area contributed by atoms with Gasteiger partial charge in [0.15, 0.2) is 17.5 Å². The Morgan fingerprint density at radius 1 is 0.415 bits per heavy atom. The van der Waals surface area contributed by atoms with Gasteiger partial charge in [-0.05, 0) is 92.7 Å². The number of hydrogen-bond acceptors (Lipinski definition) is 3. The van der Waals surface area contributed by atoms with E-state index in [-0.39, 0.29) is 10.8 Å². The Labute approximate surface area is 309 Å². The molecule has 1 aliphatic carbocycles. The summed E-state index contributed by atoms with van der Waals surface area (Å²) >= 11 is 0. The van der Waals surface area contributed by atoms with E-state index in [1.165, 1.54) is 67.3 Å². The number of para-hydroxylation sites is 1. The first-order valence-electron chi connectivity index (χ1n) is 18.7. The Morgan fingerprint density at radius 3 is 1.74 bits per heavy atom. The predicted octanol–water partition coefficient (Wildman–Crippen LogP) is 12.6. The summed E-state index contributed by atoms with van der Waals surface area (Å²) in [5.41, 5.74) is 9.55. The first-order valence-corrected chi connectivity index (χ1v) is 18.7. The van der Waals surface area contributed by atoms with E-state index in [9.17, 15) is 0 Å². The van der Waals surface area contributed by atoms with Gasteiger partial charge in [0.05, 0.1) is 11.0 Å². The molecule has 0 amide bonds. The lowest BCUT2D eigenvalue weighted by molar-refractivity contribution is 0.332. The second-order valence-corrected chi connectivity index (χ2v) is 16.0.